The van der Waals surface area contributed by atoms with E-state index in [-0.39, 0.29) is 5.91 Å². The van der Waals surface area contributed by atoms with Crippen LogP contribution in [0.4, 0.5) is 0 Å². The Morgan fingerprint density at radius 1 is 1.40 bits per heavy atom. The molecule has 0 aliphatic rings. The molecule has 1 aromatic heterocycles. The highest BCUT2D eigenvalue weighted by Crippen LogP contribution is 2.26. The molecular formula is C12H13NO2. The predicted molar refractivity (Wildman–Crippen MR) is 59.4 cm³/mol. The fraction of sp³-hybridized carbons (Fsp3) is 0.250. The molecule has 0 fully saturated rings. The summed E-state index contributed by atoms with van der Waals surface area (Å²) in [7, 11) is 0. The van der Waals surface area contributed by atoms with Crippen LogP contribution in [-0.2, 0) is 0 Å². The van der Waals surface area contributed by atoms with Gasteiger partial charge in [0.1, 0.15) is 5.75 Å². The molecule has 0 saturated heterocycles. The van der Waals surface area contributed by atoms with Crippen molar-refractivity contribution in [3.8, 4) is 5.75 Å². The summed E-state index contributed by atoms with van der Waals surface area (Å²) in [5, 5.41) is 1.02. The number of hydrogen-bond donors (Lipinski definition) is 0. The molecule has 0 aliphatic heterocycles. The molecule has 1 heterocycles. The molecule has 78 valence electrons. The van der Waals surface area contributed by atoms with E-state index in [0.717, 1.165) is 16.7 Å². The van der Waals surface area contributed by atoms with Crippen molar-refractivity contribution >= 4 is 16.8 Å². The summed E-state index contributed by atoms with van der Waals surface area (Å²) in [5.41, 5.74) is 0.854. The summed E-state index contributed by atoms with van der Waals surface area (Å²) in [4.78, 5) is 11.4. The summed E-state index contributed by atoms with van der Waals surface area (Å²) in [5.74, 6) is 0.757. The molecule has 3 heteroatoms. The second-order valence-corrected chi connectivity index (χ2v) is 3.33. The Hall–Kier alpha value is -1.77. The summed E-state index contributed by atoms with van der Waals surface area (Å²) < 4.78 is 7.11. The topological polar surface area (TPSA) is 31.2 Å². The molecule has 0 N–H and O–H groups in total. The number of hydrogen-bond acceptors (Lipinski definition) is 2. The van der Waals surface area contributed by atoms with Crippen molar-refractivity contribution in [3.63, 3.8) is 0 Å². The fourth-order valence-electron chi connectivity index (χ4n) is 1.70. The van der Waals surface area contributed by atoms with Gasteiger partial charge in [0.15, 0.2) is 0 Å². The molecule has 0 spiro atoms. The van der Waals surface area contributed by atoms with Crippen molar-refractivity contribution < 1.29 is 9.53 Å². The Kier molecular flexibility index (Phi) is 2.46. The van der Waals surface area contributed by atoms with Gasteiger partial charge in [-0.3, -0.25) is 9.36 Å². The normalized spacial score (nSPS) is 10.5. The van der Waals surface area contributed by atoms with Crippen LogP contribution in [-0.4, -0.2) is 17.1 Å². The largest absolute Gasteiger partial charge is 0.492 e. The number of ether oxygens (including phenoxy) is 1. The molecule has 0 saturated carbocycles. The first-order valence-corrected chi connectivity index (χ1v) is 4.98. The van der Waals surface area contributed by atoms with Gasteiger partial charge in [0.25, 0.3) is 0 Å². The summed E-state index contributed by atoms with van der Waals surface area (Å²) in [6.45, 7) is 4.07. The number of carbonyl (C=O) groups excluding carboxylic acids is 1. The van der Waals surface area contributed by atoms with Crippen LogP contribution >= 0.6 is 0 Å². The van der Waals surface area contributed by atoms with Gasteiger partial charge in [-0.1, -0.05) is 12.1 Å². The van der Waals surface area contributed by atoms with Gasteiger partial charge in [-0.25, -0.2) is 0 Å². The van der Waals surface area contributed by atoms with E-state index in [9.17, 15) is 4.79 Å². The highest BCUT2D eigenvalue weighted by molar-refractivity contribution is 5.94. The number of nitrogens with zero attached hydrogens (tertiary/aromatic N) is 1. The van der Waals surface area contributed by atoms with Crippen LogP contribution in [0.2, 0.25) is 0 Å². The van der Waals surface area contributed by atoms with Gasteiger partial charge in [0, 0.05) is 18.5 Å². The standard InChI is InChI=1S/C12H13NO2/c1-3-15-11-6-4-5-10-7-8-13(9(2)14)12(10)11/h4-8H,3H2,1-2H3. The smallest absolute Gasteiger partial charge is 0.228 e. The minimum atomic E-state index is -0.00264. The molecule has 0 radical (unpaired) electrons. The molecule has 3 nitrogen and oxygen atoms in total. The van der Waals surface area contributed by atoms with E-state index >= 15 is 0 Å². The van der Waals surface area contributed by atoms with Crippen molar-refractivity contribution in [2.75, 3.05) is 6.61 Å². The molecule has 0 amide bonds. The highest BCUT2D eigenvalue weighted by atomic mass is 16.5. The Labute approximate surface area is 88.3 Å². The van der Waals surface area contributed by atoms with E-state index < -0.39 is 0 Å². The van der Waals surface area contributed by atoms with Gasteiger partial charge in [-0.05, 0) is 19.1 Å². The van der Waals surface area contributed by atoms with E-state index in [2.05, 4.69) is 0 Å². The van der Waals surface area contributed by atoms with Gasteiger partial charge in [-0.15, -0.1) is 0 Å². The molecule has 0 aliphatic carbocycles. The lowest BCUT2D eigenvalue weighted by Crippen LogP contribution is -2.04. The molecule has 0 unspecified atom stereocenters. The third kappa shape index (κ3) is 1.61. The SMILES string of the molecule is CCOc1cccc2ccn(C(C)=O)c12. The second-order valence-electron chi connectivity index (χ2n) is 3.33. The van der Waals surface area contributed by atoms with Crippen molar-refractivity contribution in [3.05, 3.63) is 30.5 Å². The van der Waals surface area contributed by atoms with Crippen LogP contribution in [0.1, 0.15) is 18.6 Å². The summed E-state index contributed by atoms with van der Waals surface area (Å²) >= 11 is 0. The van der Waals surface area contributed by atoms with E-state index in [4.69, 9.17) is 4.74 Å². The van der Waals surface area contributed by atoms with Crippen LogP contribution in [0, 0.1) is 0 Å². The lowest BCUT2D eigenvalue weighted by molar-refractivity contribution is 0.0941. The summed E-state index contributed by atoms with van der Waals surface area (Å²) in [6.07, 6.45) is 1.77. The van der Waals surface area contributed by atoms with Gasteiger partial charge >= 0.3 is 0 Å². The number of aromatic nitrogens is 1. The van der Waals surface area contributed by atoms with Gasteiger partial charge < -0.3 is 4.74 Å². The lowest BCUT2D eigenvalue weighted by atomic mass is 10.2. The number of para-hydroxylation sites is 1. The predicted octanol–water partition coefficient (Wildman–Crippen LogP) is 2.70. The second kappa shape index (κ2) is 3.77. The van der Waals surface area contributed by atoms with Crippen LogP contribution in [0.15, 0.2) is 30.5 Å². The average Bonchev–Trinajstić information content (AvgIpc) is 2.62. The number of benzene rings is 1. The van der Waals surface area contributed by atoms with E-state index in [1.165, 1.54) is 0 Å². The first-order valence-electron chi connectivity index (χ1n) is 4.98. The number of rotatable bonds is 2. The quantitative estimate of drug-likeness (QED) is 0.751. The van der Waals surface area contributed by atoms with Crippen molar-refractivity contribution in [1.29, 1.82) is 0 Å². The van der Waals surface area contributed by atoms with Crippen molar-refractivity contribution in [1.82, 2.24) is 4.57 Å². The minimum Gasteiger partial charge on any atom is -0.492 e. The fourth-order valence-corrected chi connectivity index (χ4v) is 1.70. The number of fused-ring (bicyclic) bond motifs is 1. The molecule has 15 heavy (non-hydrogen) atoms. The minimum absolute atomic E-state index is 0.00264. The van der Waals surface area contributed by atoms with E-state index in [1.807, 2.05) is 31.2 Å². The van der Waals surface area contributed by atoms with Crippen LogP contribution in [0.3, 0.4) is 0 Å². The Balaban J connectivity index is 2.69. The average molecular weight is 203 g/mol. The van der Waals surface area contributed by atoms with Crippen molar-refractivity contribution in [2.24, 2.45) is 0 Å². The van der Waals surface area contributed by atoms with Gasteiger partial charge in [0.05, 0.1) is 12.1 Å². The first kappa shape index (κ1) is 9.77. The Bertz CT molecular complexity index is 499. The Morgan fingerprint density at radius 3 is 2.87 bits per heavy atom. The first-order chi connectivity index (χ1) is 7.24. The van der Waals surface area contributed by atoms with Crippen LogP contribution in [0.25, 0.3) is 10.9 Å². The molecule has 2 aromatic rings. The molecular weight excluding hydrogens is 190 g/mol. The Morgan fingerprint density at radius 2 is 2.20 bits per heavy atom. The molecule has 0 atom stereocenters. The third-order valence-corrected chi connectivity index (χ3v) is 2.31. The van der Waals surface area contributed by atoms with Crippen LogP contribution < -0.4 is 4.74 Å². The molecule has 0 bridgehead atoms. The zero-order valence-corrected chi connectivity index (χ0v) is 8.86. The number of carbonyl (C=O) groups is 1. The van der Waals surface area contributed by atoms with E-state index in [0.29, 0.717) is 6.61 Å². The molecule has 2 rings (SSSR count). The maximum absolute atomic E-state index is 11.4. The van der Waals surface area contributed by atoms with Crippen molar-refractivity contribution in [2.45, 2.75) is 13.8 Å². The maximum atomic E-state index is 11.4. The van der Waals surface area contributed by atoms with Gasteiger partial charge in [0.2, 0.25) is 5.91 Å². The zero-order valence-electron chi connectivity index (χ0n) is 8.86. The van der Waals surface area contributed by atoms with Gasteiger partial charge in [-0.2, -0.15) is 0 Å². The maximum Gasteiger partial charge on any atom is 0.228 e. The lowest BCUT2D eigenvalue weighted by Gasteiger charge is -2.07. The van der Waals surface area contributed by atoms with E-state index in [1.54, 1.807) is 17.7 Å². The zero-order chi connectivity index (χ0) is 10.8. The van der Waals surface area contributed by atoms with Crippen LogP contribution in [0.5, 0.6) is 5.75 Å². The third-order valence-electron chi connectivity index (χ3n) is 2.31. The monoisotopic (exact) mass is 203 g/mol. The molecule has 1 aromatic carbocycles. The highest BCUT2D eigenvalue weighted by Gasteiger charge is 2.09. The summed E-state index contributed by atoms with van der Waals surface area (Å²) in [6, 6.07) is 7.69.